The molecule has 0 heterocycles. The molecule has 1 unspecified atom stereocenters. The number of anilines is 1. The minimum Gasteiger partial charge on any atom is -0.378 e. The Morgan fingerprint density at radius 2 is 1.94 bits per heavy atom. The molecule has 0 aliphatic rings. The monoisotopic (exact) mass is 254 g/mol. The number of halogens is 1. The fraction of sp³-hybridized carbons (Fsp3) is 0.462. The van der Waals surface area contributed by atoms with Gasteiger partial charge in [0.25, 0.3) is 5.91 Å². The van der Waals surface area contributed by atoms with Crippen molar-refractivity contribution in [2.24, 2.45) is 0 Å². The number of alkyl halides is 1. The molecule has 1 rings (SSSR count). The summed E-state index contributed by atoms with van der Waals surface area (Å²) < 4.78 is 0. The predicted molar refractivity (Wildman–Crippen MR) is 73.0 cm³/mol. The Morgan fingerprint density at radius 3 is 2.41 bits per heavy atom. The van der Waals surface area contributed by atoms with E-state index in [1.807, 2.05) is 50.2 Å². The van der Waals surface area contributed by atoms with Crippen LogP contribution in [0, 0.1) is 0 Å². The van der Waals surface area contributed by atoms with Crippen molar-refractivity contribution in [2.45, 2.75) is 18.7 Å². The maximum Gasteiger partial charge on any atom is 0.251 e. The van der Waals surface area contributed by atoms with Crippen LogP contribution in [0.25, 0.3) is 0 Å². The highest BCUT2D eigenvalue weighted by Crippen LogP contribution is 2.12. The lowest BCUT2D eigenvalue weighted by Crippen LogP contribution is -2.29. The summed E-state index contributed by atoms with van der Waals surface area (Å²) in [6.07, 6.45) is 0.849. The van der Waals surface area contributed by atoms with Crippen LogP contribution < -0.4 is 10.2 Å². The van der Waals surface area contributed by atoms with E-state index in [1.165, 1.54) is 0 Å². The standard InChI is InChI=1S/C13H19ClN2O/c1-4-11(14)9-15-13(17)10-5-7-12(8-6-10)16(2)3/h5-8,11H,4,9H2,1-3H3,(H,15,17). The van der Waals surface area contributed by atoms with Crippen molar-refractivity contribution < 1.29 is 4.79 Å². The van der Waals surface area contributed by atoms with Crippen LogP contribution in [0.4, 0.5) is 5.69 Å². The Hall–Kier alpha value is -1.22. The molecular weight excluding hydrogens is 236 g/mol. The number of rotatable bonds is 5. The molecular formula is C13H19ClN2O. The first-order valence-electron chi connectivity index (χ1n) is 5.74. The fourth-order valence-electron chi connectivity index (χ4n) is 1.36. The molecule has 0 saturated heterocycles. The van der Waals surface area contributed by atoms with Gasteiger partial charge in [-0.15, -0.1) is 11.6 Å². The molecule has 0 spiro atoms. The van der Waals surface area contributed by atoms with Crippen molar-refractivity contribution in [1.29, 1.82) is 0 Å². The Morgan fingerprint density at radius 1 is 1.35 bits per heavy atom. The summed E-state index contributed by atoms with van der Waals surface area (Å²) in [5.74, 6) is -0.0746. The van der Waals surface area contributed by atoms with E-state index in [9.17, 15) is 4.79 Å². The molecule has 1 atom stereocenters. The van der Waals surface area contributed by atoms with Gasteiger partial charge in [-0.05, 0) is 30.7 Å². The number of nitrogens with one attached hydrogen (secondary N) is 1. The lowest BCUT2D eigenvalue weighted by Gasteiger charge is -2.13. The van der Waals surface area contributed by atoms with Gasteiger partial charge in [0.05, 0.1) is 5.38 Å². The first-order valence-corrected chi connectivity index (χ1v) is 6.18. The summed E-state index contributed by atoms with van der Waals surface area (Å²) >= 11 is 5.94. The van der Waals surface area contributed by atoms with E-state index < -0.39 is 0 Å². The Kier molecular flexibility index (Phi) is 5.29. The van der Waals surface area contributed by atoms with Crippen LogP contribution in [0.2, 0.25) is 0 Å². The van der Waals surface area contributed by atoms with E-state index in [2.05, 4.69) is 5.32 Å². The fourth-order valence-corrected chi connectivity index (χ4v) is 1.44. The average molecular weight is 255 g/mol. The van der Waals surface area contributed by atoms with Gasteiger partial charge in [0, 0.05) is 31.9 Å². The molecule has 1 aromatic rings. The second-order valence-corrected chi connectivity index (χ2v) is 4.77. The van der Waals surface area contributed by atoms with Gasteiger partial charge in [0.15, 0.2) is 0 Å². The normalized spacial score (nSPS) is 12.0. The zero-order valence-electron chi connectivity index (χ0n) is 10.5. The van der Waals surface area contributed by atoms with E-state index in [4.69, 9.17) is 11.6 Å². The number of benzene rings is 1. The smallest absolute Gasteiger partial charge is 0.251 e. The predicted octanol–water partition coefficient (Wildman–Crippen LogP) is 2.50. The summed E-state index contributed by atoms with van der Waals surface area (Å²) in [6, 6.07) is 7.49. The molecule has 0 saturated carbocycles. The van der Waals surface area contributed by atoms with Gasteiger partial charge in [-0.2, -0.15) is 0 Å². The molecule has 0 fully saturated rings. The highest BCUT2D eigenvalue weighted by molar-refractivity contribution is 6.20. The van der Waals surface area contributed by atoms with Crippen molar-refractivity contribution >= 4 is 23.2 Å². The molecule has 4 heteroatoms. The van der Waals surface area contributed by atoms with Crippen LogP contribution in [-0.2, 0) is 0 Å². The van der Waals surface area contributed by atoms with Gasteiger partial charge in [0.2, 0.25) is 0 Å². The molecule has 1 aromatic carbocycles. The van der Waals surface area contributed by atoms with Crippen LogP contribution in [-0.4, -0.2) is 31.9 Å². The second kappa shape index (κ2) is 6.50. The van der Waals surface area contributed by atoms with E-state index >= 15 is 0 Å². The molecule has 17 heavy (non-hydrogen) atoms. The highest BCUT2D eigenvalue weighted by Gasteiger charge is 2.07. The molecule has 0 aliphatic carbocycles. The first kappa shape index (κ1) is 13.8. The molecule has 94 valence electrons. The molecule has 0 aliphatic heterocycles. The molecule has 0 aromatic heterocycles. The van der Waals surface area contributed by atoms with Crippen molar-refractivity contribution in [2.75, 3.05) is 25.5 Å². The van der Waals surface area contributed by atoms with Crippen LogP contribution >= 0.6 is 11.6 Å². The SMILES string of the molecule is CCC(Cl)CNC(=O)c1ccc(N(C)C)cc1. The third-order valence-electron chi connectivity index (χ3n) is 2.57. The summed E-state index contributed by atoms with van der Waals surface area (Å²) in [4.78, 5) is 13.8. The number of hydrogen-bond donors (Lipinski definition) is 1. The number of hydrogen-bond acceptors (Lipinski definition) is 2. The molecule has 0 radical (unpaired) electrons. The molecule has 1 amide bonds. The zero-order valence-corrected chi connectivity index (χ0v) is 11.3. The average Bonchev–Trinajstić information content (AvgIpc) is 2.35. The third-order valence-corrected chi connectivity index (χ3v) is 3.04. The van der Waals surface area contributed by atoms with Crippen LogP contribution in [0.15, 0.2) is 24.3 Å². The van der Waals surface area contributed by atoms with Crippen LogP contribution in [0.3, 0.4) is 0 Å². The van der Waals surface area contributed by atoms with Gasteiger partial charge in [-0.25, -0.2) is 0 Å². The zero-order chi connectivity index (χ0) is 12.8. The molecule has 3 nitrogen and oxygen atoms in total. The van der Waals surface area contributed by atoms with E-state index in [1.54, 1.807) is 0 Å². The highest BCUT2D eigenvalue weighted by atomic mass is 35.5. The largest absolute Gasteiger partial charge is 0.378 e. The van der Waals surface area contributed by atoms with Crippen molar-refractivity contribution in [3.63, 3.8) is 0 Å². The lowest BCUT2D eigenvalue weighted by atomic mass is 10.2. The van der Waals surface area contributed by atoms with Gasteiger partial charge in [-0.3, -0.25) is 4.79 Å². The topological polar surface area (TPSA) is 32.3 Å². The minimum absolute atomic E-state index is 0.00000152. The molecule has 0 bridgehead atoms. The van der Waals surface area contributed by atoms with Crippen LogP contribution in [0.1, 0.15) is 23.7 Å². The van der Waals surface area contributed by atoms with Gasteiger partial charge in [-0.1, -0.05) is 6.92 Å². The van der Waals surface area contributed by atoms with Gasteiger partial charge < -0.3 is 10.2 Å². The van der Waals surface area contributed by atoms with Crippen molar-refractivity contribution in [3.05, 3.63) is 29.8 Å². The maximum absolute atomic E-state index is 11.8. The van der Waals surface area contributed by atoms with E-state index in [-0.39, 0.29) is 11.3 Å². The summed E-state index contributed by atoms with van der Waals surface area (Å²) in [6.45, 7) is 2.50. The number of carbonyl (C=O) groups excluding carboxylic acids is 1. The Labute approximate surface area is 108 Å². The summed E-state index contributed by atoms with van der Waals surface area (Å²) in [7, 11) is 3.93. The van der Waals surface area contributed by atoms with Gasteiger partial charge in [0.1, 0.15) is 0 Å². The summed E-state index contributed by atoms with van der Waals surface area (Å²) in [5, 5.41) is 2.81. The van der Waals surface area contributed by atoms with Crippen molar-refractivity contribution in [1.82, 2.24) is 5.32 Å². The maximum atomic E-state index is 11.8. The molecule has 1 N–H and O–H groups in total. The number of amides is 1. The summed E-state index contributed by atoms with van der Waals surface area (Å²) in [5.41, 5.74) is 1.74. The van der Waals surface area contributed by atoms with E-state index in [0.717, 1.165) is 12.1 Å². The Balaban J connectivity index is 2.58. The minimum atomic E-state index is -0.0746. The Bertz CT molecular complexity index is 362. The lowest BCUT2D eigenvalue weighted by molar-refractivity contribution is 0.0953. The third kappa shape index (κ3) is 4.27. The number of carbonyl (C=O) groups is 1. The van der Waals surface area contributed by atoms with Gasteiger partial charge >= 0.3 is 0 Å². The quantitative estimate of drug-likeness (QED) is 0.819. The van der Waals surface area contributed by atoms with Crippen LogP contribution in [0.5, 0.6) is 0 Å². The van der Waals surface area contributed by atoms with E-state index in [0.29, 0.717) is 12.1 Å². The number of nitrogens with zero attached hydrogens (tertiary/aromatic N) is 1. The first-order chi connectivity index (χ1) is 8.04. The van der Waals surface area contributed by atoms with Crippen molar-refractivity contribution in [3.8, 4) is 0 Å². The second-order valence-electron chi connectivity index (χ2n) is 4.16.